The smallest absolute Gasteiger partial charge is 0.407 e. The molecule has 7 nitrogen and oxygen atoms in total. The summed E-state index contributed by atoms with van der Waals surface area (Å²) in [6.07, 6.45) is 0.456. The number of nitriles is 1. The Kier molecular flexibility index (Phi) is 9.52. The molecule has 28 heavy (non-hydrogen) atoms. The molecule has 0 aliphatic carbocycles. The Bertz CT molecular complexity index is 724. The average Bonchev–Trinajstić information content (AvgIpc) is 3.05. The largest absolute Gasteiger partial charge is 0.444 e. The van der Waals surface area contributed by atoms with E-state index in [9.17, 15) is 4.79 Å². The monoisotopic (exact) mass is 499 g/mol. The van der Waals surface area contributed by atoms with Crippen LogP contribution in [0.2, 0.25) is 0 Å². The number of halogens is 1. The Balaban J connectivity index is 0.00000392. The molecule has 1 aliphatic heterocycles. The van der Waals surface area contributed by atoms with Crippen LogP contribution in [0, 0.1) is 11.3 Å². The van der Waals surface area contributed by atoms with Gasteiger partial charge in [0.25, 0.3) is 0 Å². The number of alkyl carbamates (subject to hydrolysis) is 1. The zero-order valence-electron chi connectivity index (χ0n) is 17.0. The number of benzene rings is 1. The van der Waals surface area contributed by atoms with E-state index in [-0.39, 0.29) is 36.1 Å². The van der Waals surface area contributed by atoms with Crippen molar-refractivity contribution in [2.24, 2.45) is 4.99 Å². The van der Waals surface area contributed by atoms with E-state index < -0.39 is 5.60 Å². The summed E-state index contributed by atoms with van der Waals surface area (Å²) < 4.78 is 5.33. The van der Waals surface area contributed by atoms with Crippen LogP contribution in [0.4, 0.5) is 4.79 Å². The van der Waals surface area contributed by atoms with Crippen LogP contribution in [-0.2, 0) is 11.3 Å². The van der Waals surface area contributed by atoms with E-state index >= 15 is 0 Å². The van der Waals surface area contributed by atoms with E-state index in [2.05, 4.69) is 21.6 Å². The maximum atomic E-state index is 12.0. The molecule has 0 radical (unpaired) electrons. The van der Waals surface area contributed by atoms with E-state index in [4.69, 9.17) is 15.0 Å². The van der Waals surface area contributed by atoms with Crippen molar-refractivity contribution in [2.45, 2.75) is 52.3 Å². The zero-order valence-corrected chi connectivity index (χ0v) is 19.3. The Morgan fingerprint density at radius 2 is 2.18 bits per heavy atom. The first kappa shape index (κ1) is 24.0. The van der Waals surface area contributed by atoms with E-state index in [1.54, 1.807) is 6.07 Å². The summed E-state index contributed by atoms with van der Waals surface area (Å²) in [7, 11) is 0. The lowest BCUT2D eigenvalue weighted by Crippen LogP contribution is -2.44. The second kappa shape index (κ2) is 11.1. The Morgan fingerprint density at radius 1 is 1.43 bits per heavy atom. The van der Waals surface area contributed by atoms with Crippen LogP contribution in [0.25, 0.3) is 0 Å². The predicted octanol–water partition coefficient (Wildman–Crippen LogP) is 3.24. The third-order valence-electron chi connectivity index (χ3n) is 4.01. The Labute approximate surface area is 184 Å². The minimum Gasteiger partial charge on any atom is -0.444 e. The molecule has 0 saturated carbocycles. The molecular weight excluding hydrogens is 469 g/mol. The van der Waals surface area contributed by atoms with Crippen molar-refractivity contribution in [3.63, 3.8) is 0 Å². The van der Waals surface area contributed by atoms with E-state index in [0.29, 0.717) is 18.7 Å². The van der Waals surface area contributed by atoms with E-state index in [1.807, 2.05) is 45.9 Å². The first-order valence-corrected chi connectivity index (χ1v) is 9.32. The van der Waals surface area contributed by atoms with Gasteiger partial charge in [0.15, 0.2) is 5.96 Å². The van der Waals surface area contributed by atoms with Crippen LogP contribution < -0.4 is 10.6 Å². The fraction of sp³-hybridized carbons (Fsp3) is 0.550. The van der Waals surface area contributed by atoms with Gasteiger partial charge < -0.3 is 20.3 Å². The van der Waals surface area contributed by atoms with Gasteiger partial charge in [-0.2, -0.15) is 5.26 Å². The molecule has 1 heterocycles. The lowest BCUT2D eigenvalue weighted by atomic mass is 10.1. The van der Waals surface area contributed by atoms with Gasteiger partial charge in [0, 0.05) is 19.6 Å². The van der Waals surface area contributed by atoms with Crippen LogP contribution in [0.15, 0.2) is 29.3 Å². The quantitative estimate of drug-likeness (QED) is 0.377. The lowest BCUT2D eigenvalue weighted by Gasteiger charge is -2.23. The SMILES string of the molecule is CCNC(=NCc1cccc(C#N)c1)N1CCC(NC(=O)OC(C)(C)C)C1.I. The number of rotatable bonds is 4. The number of carbonyl (C=O) groups excluding carboxylic acids is 1. The Morgan fingerprint density at radius 3 is 2.82 bits per heavy atom. The number of nitrogens with zero attached hydrogens (tertiary/aromatic N) is 3. The summed E-state index contributed by atoms with van der Waals surface area (Å²) in [6.45, 7) is 10.3. The minimum absolute atomic E-state index is 0. The number of likely N-dealkylation sites (tertiary alicyclic amines) is 1. The summed E-state index contributed by atoms with van der Waals surface area (Å²) in [5.74, 6) is 0.813. The summed E-state index contributed by atoms with van der Waals surface area (Å²) in [5.41, 5.74) is 1.12. The van der Waals surface area contributed by atoms with Crippen molar-refractivity contribution >= 4 is 36.0 Å². The fourth-order valence-electron chi connectivity index (χ4n) is 2.88. The normalized spacial score (nSPS) is 16.8. The third-order valence-corrected chi connectivity index (χ3v) is 4.01. The summed E-state index contributed by atoms with van der Waals surface area (Å²) in [6, 6.07) is 9.65. The number of amides is 1. The van der Waals surface area contributed by atoms with Crippen molar-refractivity contribution in [3.05, 3.63) is 35.4 Å². The standard InChI is InChI=1S/C20H29N5O2.HI/c1-5-22-18(23-13-16-8-6-7-15(11-16)12-21)25-10-9-17(14-25)24-19(26)27-20(2,3)4;/h6-8,11,17H,5,9-10,13-14H2,1-4H3,(H,22,23)(H,24,26);1H. The lowest BCUT2D eigenvalue weighted by molar-refractivity contribution is 0.0507. The van der Waals surface area contributed by atoms with E-state index in [1.165, 1.54) is 0 Å². The molecule has 1 saturated heterocycles. The molecule has 0 bridgehead atoms. The molecule has 1 aliphatic rings. The van der Waals surface area contributed by atoms with Crippen LogP contribution in [0.5, 0.6) is 0 Å². The predicted molar refractivity (Wildman–Crippen MR) is 121 cm³/mol. The van der Waals surface area contributed by atoms with Crippen LogP contribution in [0.3, 0.4) is 0 Å². The molecule has 8 heteroatoms. The molecule has 2 rings (SSSR count). The van der Waals surface area contributed by atoms with Gasteiger partial charge >= 0.3 is 6.09 Å². The maximum Gasteiger partial charge on any atom is 0.407 e. The highest BCUT2D eigenvalue weighted by Crippen LogP contribution is 2.13. The zero-order chi connectivity index (χ0) is 19.9. The molecule has 1 aromatic rings. The summed E-state index contributed by atoms with van der Waals surface area (Å²) >= 11 is 0. The fourth-order valence-corrected chi connectivity index (χ4v) is 2.88. The first-order chi connectivity index (χ1) is 12.8. The molecule has 1 unspecified atom stereocenters. The summed E-state index contributed by atoms with van der Waals surface area (Å²) in [4.78, 5) is 18.8. The van der Waals surface area contributed by atoms with Gasteiger partial charge in [-0.25, -0.2) is 9.79 Å². The second-order valence-corrected chi connectivity index (χ2v) is 7.56. The van der Waals surface area contributed by atoms with Gasteiger partial charge in [-0.1, -0.05) is 12.1 Å². The number of hydrogen-bond acceptors (Lipinski definition) is 4. The van der Waals surface area contributed by atoms with Crippen molar-refractivity contribution < 1.29 is 9.53 Å². The number of aliphatic imine (C=N–C) groups is 1. The Hall–Kier alpha value is -2.02. The third kappa shape index (κ3) is 7.92. The second-order valence-electron chi connectivity index (χ2n) is 7.56. The minimum atomic E-state index is -0.503. The molecule has 1 aromatic carbocycles. The molecule has 2 N–H and O–H groups in total. The van der Waals surface area contributed by atoms with Gasteiger partial charge in [-0.3, -0.25) is 0 Å². The molecule has 0 spiro atoms. The van der Waals surface area contributed by atoms with Crippen LogP contribution >= 0.6 is 24.0 Å². The maximum absolute atomic E-state index is 12.0. The van der Waals surface area contributed by atoms with Gasteiger partial charge in [-0.05, 0) is 51.8 Å². The van der Waals surface area contributed by atoms with Gasteiger partial charge in [0.05, 0.1) is 24.2 Å². The summed E-state index contributed by atoms with van der Waals surface area (Å²) in [5, 5.41) is 15.2. The first-order valence-electron chi connectivity index (χ1n) is 9.32. The number of nitrogens with one attached hydrogen (secondary N) is 2. The molecule has 1 atom stereocenters. The molecule has 154 valence electrons. The highest BCUT2D eigenvalue weighted by molar-refractivity contribution is 14.0. The average molecular weight is 499 g/mol. The number of carbonyl (C=O) groups is 1. The molecule has 0 aromatic heterocycles. The van der Waals surface area contributed by atoms with Crippen molar-refractivity contribution in [1.29, 1.82) is 5.26 Å². The van der Waals surface area contributed by atoms with Gasteiger partial charge in [0.1, 0.15) is 5.60 Å². The van der Waals surface area contributed by atoms with Gasteiger partial charge in [0.2, 0.25) is 0 Å². The highest BCUT2D eigenvalue weighted by Gasteiger charge is 2.27. The van der Waals surface area contributed by atoms with E-state index in [0.717, 1.165) is 31.0 Å². The molecular formula is C20H30IN5O2. The van der Waals surface area contributed by atoms with Gasteiger partial charge in [-0.15, -0.1) is 24.0 Å². The topological polar surface area (TPSA) is 89.8 Å². The van der Waals surface area contributed by atoms with Crippen LogP contribution in [-0.4, -0.2) is 48.2 Å². The van der Waals surface area contributed by atoms with Crippen molar-refractivity contribution in [2.75, 3.05) is 19.6 Å². The van der Waals surface area contributed by atoms with Crippen LogP contribution in [0.1, 0.15) is 45.2 Å². The molecule has 1 amide bonds. The number of hydrogen-bond donors (Lipinski definition) is 2. The number of ether oxygens (including phenoxy) is 1. The highest BCUT2D eigenvalue weighted by atomic mass is 127. The molecule has 1 fully saturated rings. The van der Waals surface area contributed by atoms with Crippen molar-refractivity contribution in [3.8, 4) is 6.07 Å². The van der Waals surface area contributed by atoms with Crippen molar-refractivity contribution in [1.82, 2.24) is 15.5 Å². The number of guanidine groups is 1.